The Morgan fingerprint density at radius 1 is 1.28 bits per heavy atom. The number of hydrogen-bond acceptors (Lipinski definition) is 7. The molecule has 2 aromatic rings. The Morgan fingerprint density at radius 3 is 2.52 bits per heavy atom. The van der Waals surface area contributed by atoms with E-state index in [1.807, 2.05) is 0 Å². The summed E-state index contributed by atoms with van der Waals surface area (Å²) in [6.07, 6.45) is 0.129. The van der Waals surface area contributed by atoms with Crippen LogP contribution in [0, 0.1) is 5.82 Å². The van der Waals surface area contributed by atoms with Gasteiger partial charge in [0.15, 0.2) is 0 Å². The third kappa shape index (κ3) is 4.18. The van der Waals surface area contributed by atoms with Gasteiger partial charge in [-0.1, -0.05) is 0 Å². The summed E-state index contributed by atoms with van der Waals surface area (Å²) in [7, 11) is -2.30. The van der Waals surface area contributed by atoms with Crippen molar-refractivity contribution in [3.05, 3.63) is 29.9 Å². The molecule has 0 unspecified atom stereocenters. The quantitative estimate of drug-likeness (QED) is 0.767. The molecule has 2 rings (SSSR count). The lowest BCUT2D eigenvalue weighted by molar-refractivity contribution is -0.0435. The zero-order chi connectivity index (χ0) is 18.8. The normalized spacial score (nSPS) is 12.2. The molecular formula is C13H14F4N4O3S. The monoisotopic (exact) mass is 382 g/mol. The van der Waals surface area contributed by atoms with Crippen molar-refractivity contribution >= 4 is 21.5 Å². The molecule has 138 valence electrons. The van der Waals surface area contributed by atoms with Crippen molar-refractivity contribution in [3.8, 4) is 0 Å². The first kappa shape index (κ1) is 19.0. The van der Waals surface area contributed by atoms with Crippen LogP contribution < -0.4 is 10.2 Å². The smallest absolute Gasteiger partial charge is 0.383 e. The summed E-state index contributed by atoms with van der Waals surface area (Å²) in [6, 6.07) is 2.10. The van der Waals surface area contributed by atoms with Crippen LogP contribution in [0.2, 0.25) is 0 Å². The molecule has 0 aliphatic rings. The minimum Gasteiger partial charge on any atom is -0.383 e. The third-order valence-corrected chi connectivity index (χ3v) is 4.58. The molecule has 0 bridgehead atoms. The molecule has 1 aromatic heterocycles. The van der Waals surface area contributed by atoms with Gasteiger partial charge in [0.05, 0.1) is 5.69 Å². The molecule has 0 atom stereocenters. The lowest BCUT2D eigenvalue weighted by atomic mass is 10.3. The molecule has 0 radical (unpaired) electrons. The average molecular weight is 382 g/mol. The van der Waals surface area contributed by atoms with Gasteiger partial charge in [-0.15, -0.1) is 0 Å². The Bertz CT molecular complexity index is 849. The maximum atomic E-state index is 13.2. The van der Waals surface area contributed by atoms with Gasteiger partial charge < -0.3 is 14.7 Å². The van der Waals surface area contributed by atoms with E-state index in [9.17, 15) is 26.0 Å². The highest BCUT2D eigenvalue weighted by atomic mass is 32.2. The van der Waals surface area contributed by atoms with Crippen LogP contribution in [0.1, 0.15) is 5.89 Å². The molecule has 25 heavy (non-hydrogen) atoms. The van der Waals surface area contributed by atoms with Crippen molar-refractivity contribution in [2.24, 2.45) is 0 Å². The molecule has 0 fully saturated rings. The third-order valence-electron chi connectivity index (χ3n) is 3.05. The van der Waals surface area contributed by atoms with Crippen LogP contribution in [0.15, 0.2) is 27.6 Å². The van der Waals surface area contributed by atoms with Crippen LogP contribution in [0.5, 0.6) is 0 Å². The lowest BCUT2D eigenvalue weighted by Gasteiger charge is -2.14. The van der Waals surface area contributed by atoms with Crippen LogP contribution in [0.4, 0.5) is 29.2 Å². The van der Waals surface area contributed by atoms with Gasteiger partial charge in [-0.05, 0) is 23.4 Å². The second kappa shape index (κ2) is 6.86. The predicted octanol–water partition coefficient (Wildman–Crippen LogP) is 2.22. The molecule has 0 saturated heterocycles. The van der Waals surface area contributed by atoms with Crippen LogP contribution in [-0.2, 0) is 16.3 Å². The van der Waals surface area contributed by atoms with E-state index in [2.05, 4.69) is 15.5 Å². The highest BCUT2D eigenvalue weighted by molar-refractivity contribution is 7.92. The molecule has 0 amide bonds. The van der Waals surface area contributed by atoms with E-state index in [0.717, 1.165) is 12.1 Å². The van der Waals surface area contributed by atoms with Crippen molar-refractivity contribution < 1.29 is 30.5 Å². The summed E-state index contributed by atoms with van der Waals surface area (Å²) < 4.78 is 79.4. The number of nitrogens with zero attached hydrogens (tertiary/aromatic N) is 3. The van der Waals surface area contributed by atoms with E-state index in [4.69, 9.17) is 4.52 Å². The van der Waals surface area contributed by atoms with Gasteiger partial charge in [-0.25, -0.2) is 12.8 Å². The van der Waals surface area contributed by atoms with Gasteiger partial charge in [-0.3, -0.25) is 0 Å². The Labute approximate surface area is 140 Å². The van der Waals surface area contributed by atoms with E-state index >= 15 is 0 Å². The first-order valence-electron chi connectivity index (χ1n) is 6.87. The number of hydrogen-bond donors (Lipinski definition) is 1. The number of anilines is 2. The van der Waals surface area contributed by atoms with Crippen LogP contribution in [-0.4, -0.2) is 44.7 Å². The summed E-state index contributed by atoms with van der Waals surface area (Å²) in [5, 5.41) is 6.18. The van der Waals surface area contributed by atoms with Gasteiger partial charge >= 0.3 is 5.51 Å². The molecule has 0 aliphatic heterocycles. The van der Waals surface area contributed by atoms with Gasteiger partial charge in [0.2, 0.25) is 5.89 Å². The molecule has 7 nitrogen and oxygen atoms in total. The Morgan fingerprint density at radius 2 is 1.96 bits per heavy atom. The Balaban J connectivity index is 2.17. The summed E-state index contributed by atoms with van der Waals surface area (Å²) in [5.74, 6) is -0.573. The van der Waals surface area contributed by atoms with Gasteiger partial charge in [-0.2, -0.15) is 18.2 Å². The van der Waals surface area contributed by atoms with Crippen LogP contribution in [0.25, 0.3) is 0 Å². The Hall–Kier alpha value is -2.37. The largest absolute Gasteiger partial charge is 0.501 e. The van der Waals surface area contributed by atoms with Crippen molar-refractivity contribution in [2.75, 3.05) is 30.9 Å². The Kier molecular flexibility index (Phi) is 5.20. The van der Waals surface area contributed by atoms with Crippen LogP contribution >= 0.6 is 0 Å². The average Bonchev–Trinajstić information content (AvgIpc) is 2.96. The summed E-state index contributed by atoms with van der Waals surface area (Å²) in [4.78, 5) is 4.43. The van der Waals surface area contributed by atoms with Gasteiger partial charge in [0.1, 0.15) is 10.7 Å². The standard InChI is InChI=1S/C13H14F4N4O3S/c1-21(2)12-19-11(24-20-12)5-6-18-9-4-3-8(14)7-10(9)25(22,23)13(15,16)17/h3-4,7,18H,5-6H2,1-2H3. The minimum absolute atomic E-state index is 0.00106. The van der Waals surface area contributed by atoms with Gasteiger partial charge in [0, 0.05) is 27.1 Å². The number of sulfone groups is 1. The molecule has 0 saturated carbocycles. The molecule has 0 spiro atoms. The highest BCUT2D eigenvalue weighted by Gasteiger charge is 2.48. The number of aromatic nitrogens is 2. The fourth-order valence-electron chi connectivity index (χ4n) is 1.82. The second-order valence-corrected chi connectivity index (χ2v) is 7.06. The van der Waals surface area contributed by atoms with Crippen molar-refractivity contribution in [1.29, 1.82) is 0 Å². The molecule has 1 heterocycles. The predicted molar refractivity (Wildman–Crippen MR) is 80.5 cm³/mol. The SMILES string of the molecule is CN(C)c1noc(CCNc2ccc(F)cc2S(=O)(=O)C(F)(F)F)n1. The van der Waals surface area contributed by atoms with Crippen molar-refractivity contribution in [3.63, 3.8) is 0 Å². The van der Waals surface area contributed by atoms with E-state index in [1.54, 1.807) is 19.0 Å². The maximum Gasteiger partial charge on any atom is 0.501 e. The molecule has 1 N–H and O–H groups in total. The minimum atomic E-state index is -5.69. The fourth-order valence-corrected chi connectivity index (χ4v) is 2.77. The molecule has 12 heteroatoms. The summed E-state index contributed by atoms with van der Waals surface area (Å²) in [5.41, 5.74) is -5.91. The number of benzene rings is 1. The topological polar surface area (TPSA) is 88.3 Å². The first-order valence-corrected chi connectivity index (χ1v) is 8.35. The fraction of sp³-hybridized carbons (Fsp3) is 0.385. The van der Waals surface area contributed by atoms with Crippen molar-refractivity contribution in [1.82, 2.24) is 10.1 Å². The maximum absolute atomic E-state index is 13.2. The van der Waals surface area contributed by atoms with E-state index in [0.29, 0.717) is 12.0 Å². The van der Waals surface area contributed by atoms with E-state index in [-0.39, 0.29) is 24.5 Å². The molecule has 1 aromatic carbocycles. The highest BCUT2D eigenvalue weighted by Crippen LogP contribution is 2.34. The van der Waals surface area contributed by atoms with Gasteiger partial charge in [0.25, 0.3) is 15.8 Å². The summed E-state index contributed by atoms with van der Waals surface area (Å²) in [6.45, 7) is 0.00106. The number of rotatable bonds is 6. The summed E-state index contributed by atoms with van der Waals surface area (Å²) >= 11 is 0. The number of nitrogens with one attached hydrogen (secondary N) is 1. The zero-order valence-electron chi connectivity index (χ0n) is 13.1. The van der Waals surface area contributed by atoms with Crippen LogP contribution in [0.3, 0.4) is 0 Å². The lowest BCUT2D eigenvalue weighted by Crippen LogP contribution is -2.24. The van der Waals surface area contributed by atoms with E-state index < -0.39 is 26.1 Å². The van der Waals surface area contributed by atoms with Crippen molar-refractivity contribution in [2.45, 2.75) is 16.8 Å². The molecular weight excluding hydrogens is 368 g/mol. The van der Waals surface area contributed by atoms with E-state index in [1.165, 1.54) is 0 Å². The molecule has 0 aliphatic carbocycles. The zero-order valence-corrected chi connectivity index (χ0v) is 13.9. The first-order chi connectivity index (χ1) is 11.5. The number of halogens is 4. The number of alkyl halides is 3. The second-order valence-electron chi connectivity index (χ2n) is 5.15.